The van der Waals surface area contributed by atoms with E-state index in [1.807, 2.05) is 0 Å². The van der Waals surface area contributed by atoms with Crippen LogP contribution in [0.5, 0.6) is 5.75 Å². The number of ether oxygens (including phenoxy) is 1. The van der Waals surface area contributed by atoms with Crippen molar-refractivity contribution in [2.24, 2.45) is 0 Å². The minimum atomic E-state index is -0.228. The van der Waals surface area contributed by atoms with Crippen molar-refractivity contribution >= 4 is 46.6 Å². The first-order chi connectivity index (χ1) is 12.6. The lowest BCUT2D eigenvalue weighted by atomic mass is 10.3. The third kappa shape index (κ3) is 5.35. The molecule has 0 saturated heterocycles. The van der Waals surface area contributed by atoms with Crippen molar-refractivity contribution in [2.45, 2.75) is 11.8 Å². The number of H-pyrrole nitrogens is 1. The summed E-state index contributed by atoms with van der Waals surface area (Å²) < 4.78 is 5.58. The molecule has 0 unspecified atom stereocenters. The molecule has 2 heterocycles. The highest BCUT2D eigenvalue weighted by molar-refractivity contribution is 7.99. The van der Waals surface area contributed by atoms with E-state index in [4.69, 9.17) is 27.9 Å². The fourth-order valence-corrected chi connectivity index (χ4v) is 2.79. The second kappa shape index (κ2) is 8.88. The van der Waals surface area contributed by atoms with Crippen LogP contribution in [0.25, 0.3) is 0 Å². The molecule has 0 aliphatic rings. The number of benzene rings is 1. The van der Waals surface area contributed by atoms with Gasteiger partial charge in [-0.05, 0) is 36.4 Å². The van der Waals surface area contributed by atoms with Gasteiger partial charge in [0.05, 0.1) is 11.4 Å². The summed E-state index contributed by atoms with van der Waals surface area (Å²) in [5, 5.41) is 10.8. The quantitative estimate of drug-likeness (QED) is 0.455. The van der Waals surface area contributed by atoms with Gasteiger partial charge in [-0.25, -0.2) is 9.97 Å². The second-order valence-corrected chi connectivity index (χ2v) is 6.72. The Morgan fingerprint density at radius 1 is 1.23 bits per heavy atom. The van der Waals surface area contributed by atoms with Crippen LogP contribution in [0.2, 0.25) is 10.2 Å². The predicted octanol–water partition coefficient (Wildman–Crippen LogP) is 3.82. The molecule has 0 saturated carbocycles. The lowest BCUT2D eigenvalue weighted by Gasteiger charge is -2.04. The van der Waals surface area contributed by atoms with Gasteiger partial charge in [-0.1, -0.05) is 35.0 Å². The molecule has 0 bridgehead atoms. The van der Waals surface area contributed by atoms with E-state index in [2.05, 4.69) is 25.5 Å². The number of hydrogen-bond acceptors (Lipinski definition) is 6. The topological polar surface area (TPSA) is 92.8 Å². The predicted molar refractivity (Wildman–Crippen MR) is 101 cm³/mol. The second-order valence-electron chi connectivity index (χ2n) is 4.99. The van der Waals surface area contributed by atoms with E-state index in [1.54, 1.807) is 42.6 Å². The molecule has 3 rings (SSSR count). The monoisotopic (exact) mass is 409 g/mol. The molecule has 0 spiro atoms. The number of thioether (sulfide) groups is 1. The van der Waals surface area contributed by atoms with E-state index >= 15 is 0 Å². The Hall–Kier alpha value is -2.29. The van der Waals surface area contributed by atoms with Crippen LogP contribution in [-0.2, 0) is 11.4 Å². The Morgan fingerprint density at radius 3 is 2.81 bits per heavy atom. The number of carbonyl (C=O) groups excluding carboxylic acids is 1. The summed E-state index contributed by atoms with van der Waals surface area (Å²) in [7, 11) is 0. The number of pyridine rings is 1. The van der Waals surface area contributed by atoms with Crippen LogP contribution >= 0.6 is 35.0 Å². The van der Waals surface area contributed by atoms with Crippen molar-refractivity contribution in [3.63, 3.8) is 0 Å². The summed E-state index contributed by atoms with van der Waals surface area (Å²) >= 11 is 12.9. The molecule has 2 aromatic heterocycles. The van der Waals surface area contributed by atoms with Gasteiger partial charge < -0.3 is 10.1 Å². The minimum Gasteiger partial charge on any atom is -0.486 e. The van der Waals surface area contributed by atoms with E-state index < -0.39 is 0 Å². The van der Waals surface area contributed by atoms with Crippen molar-refractivity contribution in [2.75, 3.05) is 11.1 Å². The van der Waals surface area contributed by atoms with Gasteiger partial charge in [0.15, 0.2) is 11.0 Å². The lowest BCUT2D eigenvalue weighted by Crippen LogP contribution is -2.14. The van der Waals surface area contributed by atoms with E-state index in [9.17, 15) is 4.79 Å². The summed E-state index contributed by atoms with van der Waals surface area (Å²) in [6, 6.07) is 10.4. The van der Waals surface area contributed by atoms with Gasteiger partial charge in [0, 0.05) is 11.2 Å². The van der Waals surface area contributed by atoms with Crippen LogP contribution in [0.4, 0.5) is 5.69 Å². The standard InChI is InChI=1S/C16H13Cl2N5O2S/c17-10-3-5-11(6-4-10)25-8-13-21-16(23-22-13)26-9-14(24)20-12-2-1-7-19-15(12)18/h1-7H,8-9H2,(H,20,24)(H,21,22,23). The molecule has 7 nitrogen and oxygen atoms in total. The summed E-state index contributed by atoms with van der Waals surface area (Å²) in [6.45, 7) is 0.229. The summed E-state index contributed by atoms with van der Waals surface area (Å²) in [6.07, 6.45) is 1.55. The maximum Gasteiger partial charge on any atom is 0.234 e. The molecule has 0 aliphatic carbocycles. The first kappa shape index (κ1) is 18.5. The maximum absolute atomic E-state index is 12.0. The van der Waals surface area contributed by atoms with E-state index in [-0.39, 0.29) is 23.4 Å². The molecule has 0 aliphatic heterocycles. The van der Waals surface area contributed by atoms with Crippen molar-refractivity contribution in [3.8, 4) is 5.75 Å². The highest BCUT2D eigenvalue weighted by Gasteiger charge is 2.10. The van der Waals surface area contributed by atoms with Crippen LogP contribution in [-0.4, -0.2) is 31.8 Å². The van der Waals surface area contributed by atoms with Gasteiger partial charge in [-0.15, -0.1) is 5.10 Å². The maximum atomic E-state index is 12.0. The molecule has 26 heavy (non-hydrogen) atoms. The average Bonchev–Trinajstić information content (AvgIpc) is 3.09. The summed E-state index contributed by atoms with van der Waals surface area (Å²) in [5.41, 5.74) is 0.465. The van der Waals surface area contributed by atoms with Gasteiger partial charge >= 0.3 is 0 Å². The van der Waals surface area contributed by atoms with Gasteiger partial charge in [0.1, 0.15) is 12.4 Å². The number of aromatic amines is 1. The molecular formula is C16H13Cl2N5O2S. The molecule has 134 valence electrons. The van der Waals surface area contributed by atoms with Crippen LogP contribution in [0.15, 0.2) is 47.8 Å². The number of rotatable bonds is 7. The molecule has 0 fully saturated rings. The molecule has 1 aromatic carbocycles. The highest BCUT2D eigenvalue weighted by Crippen LogP contribution is 2.19. The number of amides is 1. The zero-order valence-corrected chi connectivity index (χ0v) is 15.6. The van der Waals surface area contributed by atoms with Crippen molar-refractivity contribution in [3.05, 3.63) is 58.6 Å². The van der Waals surface area contributed by atoms with E-state index in [1.165, 1.54) is 11.8 Å². The van der Waals surface area contributed by atoms with Gasteiger partial charge in [0.25, 0.3) is 0 Å². The van der Waals surface area contributed by atoms with E-state index in [0.717, 1.165) is 0 Å². The number of nitrogens with zero attached hydrogens (tertiary/aromatic N) is 3. The largest absolute Gasteiger partial charge is 0.486 e. The van der Waals surface area contributed by atoms with Gasteiger partial charge in [0.2, 0.25) is 11.1 Å². The molecule has 0 atom stereocenters. The molecular weight excluding hydrogens is 397 g/mol. The van der Waals surface area contributed by atoms with Gasteiger partial charge in [-0.3, -0.25) is 9.89 Å². The minimum absolute atomic E-state index is 0.139. The van der Waals surface area contributed by atoms with Crippen molar-refractivity contribution < 1.29 is 9.53 Å². The molecule has 2 N–H and O–H groups in total. The smallest absolute Gasteiger partial charge is 0.234 e. The molecule has 0 radical (unpaired) electrons. The van der Waals surface area contributed by atoms with Crippen molar-refractivity contribution in [1.29, 1.82) is 0 Å². The number of hydrogen-bond donors (Lipinski definition) is 2. The zero-order valence-electron chi connectivity index (χ0n) is 13.3. The number of carbonyl (C=O) groups is 1. The molecule has 3 aromatic rings. The van der Waals surface area contributed by atoms with E-state index in [0.29, 0.717) is 27.4 Å². The van der Waals surface area contributed by atoms with Crippen LogP contribution in [0, 0.1) is 0 Å². The van der Waals surface area contributed by atoms with Crippen LogP contribution < -0.4 is 10.1 Å². The SMILES string of the molecule is O=C(CSc1n[nH]c(COc2ccc(Cl)cc2)n1)Nc1cccnc1Cl. The normalized spacial score (nSPS) is 10.5. The Kier molecular flexibility index (Phi) is 6.32. The number of halogens is 2. The first-order valence-corrected chi connectivity index (χ1v) is 9.17. The number of anilines is 1. The third-order valence-corrected chi connectivity index (χ3v) is 4.47. The summed E-state index contributed by atoms with van der Waals surface area (Å²) in [4.78, 5) is 20.1. The fourth-order valence-electron chi connectivity index (χ4n) is 1.89. The average molecular weight is 410 g/mol. The first-order valence-electron chi connectivity index (χ1n) is 7.43. The van der Waals surface area contributed by atoms with Crippen LogP contribution in [0.3, 0.4) is 0 Å². The Labute approximate surface area is 163 Å². The molecule has 10 heteroatoms. The lowest BCUT2D eigenvalue weighted by molar-refractivity contribution is -0.113. The highest BCUT2D eigenvalue weighted by atomic mass is 35.5. The Balaban J connectivity index is 1.46. The zero-order chi connectivity index (χ0) is 18.4. The van der Waals surface area contributed by atoms with Gasteiger partial charge in [-0.2, -0.15) is 0 Å². The number of aromatic nitrogens is 4. The third-order valence-electron chi connectivity index (χ3n) is 3.07. The van der Waals surface area contributed by atoms with Crippen LogP contribution in [0.1, 0.15) is 5.82 Å². The summed E-state index contributed by atoms with van der Waals surface area (Å²) in [5.74, 6) is 1.14. The Morgan fingerprint density at radius 2 is 2.04 bits per heavy atom. The fraction of sp³-hybridized carbons (Fsp3) is 0.125. The molecule has 1 amide bonds. The van der Waals surface area contributed by atoms with Crippen molar-refractivity contribution in [1.82, 2.24) is 20.2 Å². The Bertz CT molecular complexity index is 888. The number of nitrogens with one attached hydrogen (secondary N) is 2.